The highest BCUT2D eigenvalue weighted by molar-refractivity contribution is 7.10. The largest absolute Gasteiger partial charge is 0.494 e. The summed E-state index contributed by atoms with van der Waals surface area (Å²) in [5, 5.41) is 13.2. The molecule has 168 valence electrons. The summed E-state index contributed by atoms with van der Waals surface area (Å²) in [5.74, 6) is -1.73. The van der Waals surface area contributed by atoms with Gasteiger partial charge in [-0.2, -0.15) is 0 Å². The summed E-state index contributed by atoms with van der Waals surface area (Å²) < 4.78 is 5.97. The van der Waals surface area contributed by atoms with Crippen LogP contribution in [-0.2, 0) is 4.79 Å². The fourth-order valence-corrected chi connectivity index (χ4v) is 5.30. The van der Waals surface area contributed by atoms with Crippen molar-refractivity contribution in [2.45, 2.75) is 31.6 Å². The standard InChI is InChI=1S/C25H28N2O4S/c26-24(28)23(21-6-4-15-32-21)22-19-10-8-18(16-17(19)7-9-20(22)25(29)30)31-14-5-13-27-11-2-1-3-12-27/h4,6-10,15-16,23H,1-3,5,11-14H2,(H2,26,28)(H,29,30). The Morgan fingerprint density at radius 2 is 1.94 bits per heavy atom. The molecule has 1 unspecified atom stereocenters. The first-order chi connectivity index (χ1) is 15.5. The number of thiophene rings is 1. The Labute approximate surface area is 191 Å². The molecule has 1 atom stereocenters. The number of piperidine rings is 1. The average Bonchev–Trinajstić information content (AvgIpc) is 3.31. The number of likely N-dealkylation sites (tertiary alicyclic amines) is 1. The number of carbonyl (C=O) groups is 2. The zero-order valence-electron chi connectivity index (χ0n) is 18.0. The number of aromatic carboxylic acids is 1. The minimum Gasteiger partial charge on any atom is -0.494 e. The second-order valence-electron chi connectivity index (χ2n) is 8.17. The summed E-state index contributed by atoms with van der Waals surface area (Å²) in [4.78, 5) is 27.6. The number of fused-ring (bicyclic) bond motifs is 1. The topological polar surface area (TPSA) is 92.9 Å². The third-order valence-electron chi connectivity index (χ3n) is 6.00. The first-order valence-electron chi connectivity index (χ1n) is 11.0. The normalized spacial score (nSPS) is 15.5. The van der Waals surface area contributed by atoms with Crippen molar-refractivity contribution in [2.75, 3.05) is 26.2 Å². The van der Waals surface area contributed by atoms with Gasteiger partial charge in [0.2, 0.25) is 5.91 Å². The van der Waals surface area contributed by atoms with E-state index in [9.17, 15) is 14.7 Å². The molecule has 0 bridgehead atoms. The number of ether oxygens (including phenoxy) is 1. The van der Waals surface area contributed by atoms with Gasteiger partial charge >= 0.3 is 5.97 Å². The lowest BCUT2D eigenvalue weighted by Gasteiger charge is -2.26. The minimum absolute atomic E-state index is 0.0879. The van der Waals surface area contributed by atoms with Crippen LogP contribution in [0.4, 0.5) is 0 Å². The molecule has 7 heteroatoms. The molecule has 0 saturated carbocycles. The molecule has 1 fully saturated rings. The summed E-state index contributed by atoms with van der Waals surface area (Å²) in [6, 6.07) is 12.5. The zero-order chi connectivity index (χ0) is 22.5. The van der Waals surface area contributed by atoms with Crippen LogP contribution >= 0.6 is 11.3 Å². The lowest BCUT2D eigenvalue weighted by Crippen LogP contribution is -2.31. The molecular weight excluding hydrogens is 424 g/mol. The summed E-state index contributed by atoms with van der Waals surface area (Å²) >= 11 is 1.39. The molecule has 4 rings (SSSR count). The molecule has 1 saturated heterocycles. The van der Waals surface area contributed by atoms with E-state index in [-0.39, 0.29) is 5.56 Å². The highest BCUT2D eigenvalue weighted by Crippen LogP contribution is 2.37. The molecule has 3 N–H and O–H groups in total. The zero-order valence-corrected chi connectivity index (χ0v) is 18.8. The van der Waals surface area contributed by atoms with Crippen LogP contribution in [0.15, 0.2) is 47.8 Å². The van der Waals surface area contributed by atoms with Crippen LogP contribution in [-0.4, -0.2) is 48.1 Å². The van der Waals surface area contributed by atoms with Crippen LogP contribution in [0.2, 0.25) is 0 Å². The molecule has 2 aromatic carbocycles. The molecule has 6 nitrogen and oxygen atoms in total. The second kappa shape index (κ2) is 10.1. The van der Waals surface area contributed by atoms with E-state index < -0.39 is 17.8 Å². The molecule has 0 spiro atoms. The Morgan fingerprint density at radius 3 is 2.62 bits per heavy atom. The van der Waals surface area contributed by atoms with Crippen LogP contribution in [0.25, 0.3) is 10.8 Å². The second-order valence-corrected chi connectivity index (χ2v) is 9.15. The molecule has 32 heavy (non-hydrogen) atoms. The third kappa shape index (κ3) is 4.95. The number of amides is 1. The van der Waals surface area contributed by atoms with Crippen LogP contribution in [0.1, 0.15) is 52.4 Å². The first-order valence-corrected chi connectivity index (χ1v) is 11.9. The number of carboxylic acid groups (broad SMARTS) is 1. The fraction of sp³-hybridized carbons (Fsp3) is 0.360. The lowest BCUT2D eigenvalue weighted by molar-refractivity contribution is -0.118. The molecular formula is C25H28N2O4S. The van der Waals surface area contributed by atoms with Crippen molar-refractivity contribution in [2.24, 2.45) is 5.73 Å². The summed E-state index contributed by atoms with van der Waals surface area (Å²) in [5.41, 5.74) is 6.26. The smallest absolute Gasteiger partial charge is 0.336 e. The average molecular weight is 453 g/mol. The molecule has 3 aromatic rings. The van der Waals surface area contributed by atoms with Gasteiger partial charge in [-0.05, 0) is 78.3 Å². The summed E-state index contributed by atoms with van der Waals surface area (Å²) in [6.45, 7) is 4.02. The van der Waals surface area contributed by atoms with Gasteiger partial charge in [0, 0.05) is 11.4 Å². The lowest BCUT2D eigenvalue weighted by atomic mass is 9.87. The van der Waals surface area contributed by atoms with Gasteiger partial charge in [-0.15, -0.1) is 11.3 Å². The van der Waals surface area contributed by atoms with Gasteiger partial charge in [0.15, 0.2) is 0 Å². The summed E-state index contributed by atoms with van der Waals surface area (Å²) in [6.07, 6.45) is 4.86. The predicted molar refractivity (Wildman–Crippen MR) is 127 cm³/mol. The van der Waals surface area contributed by atoms with E-state index >= 15 is 0 Å². The van der Waals surface area contributed by atoms with Crippen LogP contribution in [0.5, 0.6) is 5.75 Å². The molecule has 0 radical (unpaired) electrons. The maximum absolute atomic E-state index is 12.4. The monoisotopic (exact) mass is 452 g/mol. The quantitative estimate of drug-likeness (QED) is 0.467. The predicted octanol–water partition coefficient (Wildman–Crippen LogP) is 4.47. The van der Waals surface area contributed by atoms with Gasteiger partial charge in [0.1, 0.15) is 5.75 Å². The number of primary amides is 1. The van der Waals surface area contributed by atoms with Gasteiger partial charge in [0.25, 0.3) is 0 Å². The van der Waals surface area contributed by atoms with Crippen LogP contribution in [0, 0.1) is 0 Å². The maximum Gasteiger partial charge on any atom is 0.336 e. The fourth-order valence-electron chi connectivity index (χ4n) is 4.46. The van der Waals surface area contributed by atoms with Crippen LogP contribution < -0.4 is 10.5 Å². The number of nitrogens with two attached hydrogens (primary N) is 1. The highest BCUT2D eigenvalue weighted by atomic mass is 32.1. The van der Waals surface area contributed by atoms with Crippen molar-refractivity contribution >= 4 is 34.0 Å². The minimum atomic E-state index is -1.08. The van der Waals surface area contributed by atoms with E-state index in [0.717, 1.165) is 29.0 Å². The van der Waals surface area contributed by atoms with Crippen molar-refractivity contribution in [1.82, 2.24) is 4.90 Å². The van der Waals surface area contributed by atoms with Crippen molar-refractivity contribution in [1.29, 1.82) is 0 Å². The Morgan fingerprint density at radius 1 is 1.12 bits per heavy atom. The molecule has 1 aliphatic rings. The van der Waals surface area contributed by atoms with Crippen molar-refractivity contribution in [3.63, 3.8) is 0 Å². The molecule has 1 amide bonds. The SMILES string of the molecule is NC(=O)C(c1cccs1)c1c(C(=O)O)ccc2cc(OCCCN3CCCCC3)ccc12. The Bertz CT molecular complexity index is 1090. The van der Waals surface area contributed by atoms with Crippen molar-refractivity contribution < 1.29 is 19.4 Å². The van der Waals surface area contributed by atoms with Gasteiger partial charge in [-0.25, -0.2) is 4.79 Å². The van der Waals surface area contributed by atoms with Gasteiger partial charge in [-0.1, -0.05) is 24.6 Å². The van der Waals surface area contributed by atoms with E-state index in [0.29, 0.717) is 17.6 Å². The van der Waals surface area contributed by atoms with E-state index in [1.54, 1.807) is 12.1 Å². The Hall–Kier alpha value is -2.90. The van der Waals surface area contributed by atoms with E-state index in [4.69, 9.17) is 10.5 Å². The number of nitrogens with zero attached hydrogens (tertiary/aromatic N) is 1. The van der Waals surface area contributed by atoms with E-state index in [1.165, 1.54) is 43.7 Å². The number of rotatable bonds is 9. The van der Waals surface area contributed by atoms with E-state index in [2.05, 4.69) is 4.90 Å². The summed E-state index contributed by atoms with van der Waals surface area (Å²) in [7, 11) is 0. The number of carboxylic acids is 1. The molecule has 1 aliphatic heterocycles. The van der Waals surface area contributed by atoms with Gasteiger partial charge < -0.3 is 20.5 Å². The van der Waals surface area contributed by atoms with Gasteiger partial charge in [-0.3, -0.25) is 4.79 Å². The van der Waals surface area contributed by atoms with E-state index in [1.807, 2.05) is 35.7 Å². The van der Waals surface area contributed by atoms with Gasteiger partial charge in [0.05, 0.1) is 18.1 Å². The number of hydrogen-bond donors (Lipinski definition) is 2. The molecule has 0 aliphatic carbocycles. The van der Waals surface area contributed by atoms with Crippen molar-refractivity contribution in [3.8, 4) is 5.75 Å². The molecule has 1 aromatic heterocycles. The molecule has 2 heterocycles. The van der Waals surface area contributed by atoms with Crippen molar-refractivity contribution in [3.05, 3.63) is 63.8 Å². The number of hydrogen-bond acceptors (Lipinski definition) is 5. The highest BCUT2D eigenvalue weighted by Gasteiger charge is 2.28. The maximum atomic E-state index is 12.4. The number of benzene rings is 2. The first kappa shape index (κ1) is 22.3. The number of carbonyl (C=O) groups excluding carboxylic acids is 1. The third-order valence-corrected chi connectivity index (χ3v) is 6.94. The Balaban J connectivity index is 1.58. The van der Waals surface area contributed by atoms with Crippen LogP contribution in [0.3, 0.4) is 0 Å². The Kier molecular flexibility index (Phi) is 7.07.